The number of carbonyl (C=O) groups excluding carboxylic acids is 5. The topological polar surface area (TPSA) is 199 Å². The van der Waals surface area contributed by atoms with Gasteiger partial charge in [-0.05, 0) is 103 Å². The van der Waals surface area contributed by atoms with E-state index >= 15 is 0 Å². The van der Waals surface area contributed by atoms with E-state index in [4.69, 9.17) is 16.3 Å². The number of benzene rings is 3. The number of hydrogen-bond donors (Lipinski definition) is 4. The minimum atomic E-state index is -1.25. The highest BCUT2D eigenvalue weighted by Gasteiger charge is 2.26. The third kappa shape index (κ3) is 10.0. The van der Waals surface area contributed by atoms with Crippen LogP contribution in [0.4, 0.5) is 17.1 Å². The zero-order chi connectivity index (χ0) is 36.5. The monoisotopic (exact) mass is 709 g/mol. The highest BCUT2D eigenvalue weighted by atomic mass is 35.5. The number of anilines is 3. The summed E-state index contributed by atoms with van der Waals surface area (Å²) < 4.78 is 6.66. The van der Waals surface area contributed by atoms with E-state index in [9.17, 15) is 24.0 Å². The van der Waals surface area contributed by atoms with Crippen molar-refractivity contribution in [3.05, 3.63) is 119 Å². The average Bonchev–Trinajstić information content (AvgIpc) is 3.63. The first kappa shape index (κ1) is 35.8. The van der Waals surface area contributed by atoms with E-state index in [1.165, 1.54) is 53.7 Å². The van der Waals surface area contributed by atoms with Gasteiger partial charge in [0.25, 0.3) is 5.91 Å². The Bertz CT molecular complexity index is 2030. The standard InChI is InChI=1S/C35H32ClN9O6/c1-35(2,3)51-34(50)23-6-11-26(12-7-23)40-31(47)28(18-21-4-9-25(10-5-21)39-30(46)22-14-16-37-17-15-22)42-33(49)32(48)41-27-19-24(36)8-13-29(27)45-20-38-43-44-45/h4-17,19-20,28H,18H2,1-3H3,(H,39,46)(H,40,47)(H,41,48)(H,42,49)/t28-/m0/s1. The van der Waals surface area contributed by atoms with Crippen LogP contribution in [0, 0.1) is 0 Å². The van der Waals surface area contributed by atoms with E-state index in [-0.39, 0.29) is 28.6 Å². The number of aromatic nitrogens is 5. The van der Waals surface area contributed by atoms with Crippen molar-refractivity contribution >= 4 is 58.3 Å². The molecule has 260 valence electrons. The maximum absolute atomic E-state index is 13.6. The lowest BCUT2D eigenvalue weighted by Gasteiger charge is -2.20. The molecule has 0 fully saturated rings. The molecule has 5 rings (SSSR count). The molecule has 0 saturated heterocycles. The molecule has 16 heteroatoms. The molecule has 4 amide bonds. The summed E-state index contributed by atoms with van der Waals surface area (Å²) in [6.07, 6.45) is 4.28. The Labute approximate surface area is 296 Å². The van der Waals surface area contributed by atoms with Crippen LogP contribution in [-0.2, 0) is 25.5 Å². The van der Waals surface area contributed by atoms with E-state index in [1.807, 2.05) is 0 Å². The maximum Gasteiger partial charge on any atom is 0.338 e. The number of pyridine rings is 1. The van der Waals surface area contributed by atoms with E-state index in [1.54, 1.807) is 69.3 Å². The fourth-order valence-corrected chi connectivity index (χ4v) is 4.79. The molecule has 51 heavy (non-hydrogen) atoms. The van der Waals surface area contributed by atoms with Gasteiger partial charge >= 0.3 is 17.8 Å². The molecule has 0 aliphatic carbocycles. The number of nitrogens with zero attached hydrogens (tertiary/aromatic N) is 5. The lowest BCUT2D eigenvalue weighted by atomic mass is 10.0. The number of esters is 1. The van der Waals surface area contributed by atoms with Crippen LogP contribution >= 0.6 is 11.6 Å². The zero-order valence-electron chi connectivity index (χ0n) is 27.6. The Morgan fingerprint density at radius 2 is 1.47 bits per heavy atom. The Morgan fingerprint density at radius 3 is 2.12 bits per heavy atom. The van der Waals surface area contributed by atoms with Gasteiger partial charge in [-0.15, -0.1) is 5.10 Å². The van der Waals surface area contributed by atoms with Crippen LogP contribution in [0.2, 0.25) is 5.02 Å². The second-order valence-electron chi connectivity index (χ2n) is 12.1. The van der Waals surface area contributed by atoms with Gasteiger partial charge in [0.05, 0.1) is 16.9 Å². The molecule has 0 aliphatic heterocycles. The van der Waals surface area contributed by atoms with Gasteiger partial charge < -0.3 is 26.0 Å². The van der Waals surface area contributed by atoms with Gasteiger partial charge in [-0.2, -0.15) is 4.68 Å². The minimum absolute atomic E-state index is 0.0353. The van der Waals surface area contributed by atoms with Gasteiger partial charge in [-0.25, -0.2) is 4.79 Å². The van der Waals surface area contributed by atoms with Crippen molar-refractivity contribution in [3.8, 4) is 5.69 Å². The van der Waals surface area contributed by atoms with Crippen molar-refractivity contribution in [1.82, 2.24) is 30.5 Å². The van der Waals surface area contributed by atoms with E-state index in [0.717, 1.165) is 0 Å². The first-order valence-corrected chi connectivity index (χ1v) is 15.8. The molecule has 0 unspecified atom stereocenters. The van der Waals surface area contributed by atoms with Gasteiger partial charge in [0.1, 0.15) is 18.0 Å². The average molecular weight is 710 g/mol. The Hall–Kier alpha value is -6.48. The minimum Gasteiger partial charge on any atom is -0.456 e. The predicted octanol–water partition coefficient (Wildman–Crippen LogP) is 4.22. The van der Waals surface area contributed by atoms with E-state index in [2.05, 4.69) is 41.8 Å². The number of rotatable bonds is 10. The summed E-state index contributed by atoms with van der Waals surface area (Å²) in [5.74, 6) is -3.70. The van der Waals surface area contributed by atoms with Crippen molar-refractivity contribution < 1.29 is 28.7 Å². The number of ether oxygens (including phenoxy) is 1. The van der Waals surface area contributed by atoms with Crippen molar-refractivity contribution in [3.63, 3.8) is 0 Å². The molecule has 3 aromatic carbocycles. The summed E-state index contributed by atoms with van der Waals surface area (Å²) in [5.41, 5.74) is 1.93. The van der Waals surface area contributed by atoms with Crippen molar-refractivity contribution in [2.24, 2.45) is 0 Å². The SMILES string of the molecule is CC(C)(C)OC(=O)c1ccc(NC(=O)[C@H](Cc2ccc(NC(=O)c3ccncc3)cc2)NC(=O)C(=O)Nc2cc(Cl)ccc2-n2cnnn2)cc1. The highest BCUT2D eigenvalue weighted by molar-refractivity contribution is 6.40. The Balaban J connectivity index is 1.32. The fourth-order valence-electron chi connectivity index (χ4n) is 4.61. The molecule has 1 atom stereocenters. The van der Waals surface area contributed by atoms with E-state index < -0.39 is 35.3 Å². The zero-order valence-corrected chi connectivity index (χ0v) is 28.3. The lowest BCUT2D eigenvalue weighted by molar-refractivity contribution is -0.137. The van der Waals surface area contributed by atoms with Crippen LogP contribution in [0.25, 0.3) is 5.69 Å². The number of hydrogen-bond acceptors (Lipinski definition) is 10. The third-order valence-electron chi connectivity index (χ3n) is 7.01. The van der Waals surface area contributed by atoms with Crippen LogP contribution in [0.5, 0.6) is 0 Å². The molecule has 0 radical (unpaired) electrons. The maximum atomic E-state index is 13.6. The molecular weight excluding hydrogens is 678 g/mol. The molecular formula is C35H32ClN9O6. The first-order valence-electron chi connectivity index (χ1n) is 15.4. The molecule has 0 bridgehead atoms. The second-order valence-corrected chi connectivity index (χ2v) is 12.5. The highest BCUT2D eigenvalue weighted by Crippen LogP contribution is 2.24. The van der Waals surface area contributed by atoms with Crippen molar-refractivity contribution in [2.75, 3.05) is 16.0 Å². The van der Waals surface area contributed by atoms with Crippen LogP contribution in [0.15, 0.2) is 97.6 Å². The normalized spacial score (nSPS) is 11.5. The quantitative estimate of drug-likeness (QED) is 0.120. The third-order valence-corrected chi connectivity index (χ3v) is 7.25. The molecule has 5 aromatic rings. The molecule has 0 saturated carbocycles. The fraction of sp³-hybridized carbons (Fsp3) is 0.171. The van der Waals surface area contributed by atoms with Gasteiger partial charge in [0.15, 0.2) is 0 Å². The number of amides is 4. The smallest absolute Gasteiger partial charge is 0.338 e. The van der Waals surface area contributed by atoms with Crippen LogP contribution in [-0.4, -0.2) is 66.4 Å². The summed E-state index contributed by atoms with van der Waals surface area (Å²) in [5, 5.41) is 21.8. The van der Waals surface area contributed by atoms with Gasteiger partial charge in [-0.3, -0.25) is 24.2 Å². The van der Waals surface area contributed by atoms with Crippen LogP contribution in [0.3, 0.4) is 0 Å². The molecule has 0 aliphatic rings. The summed E-state index contributed by atoms with van der Waals surface area (Å²) in [4.78, 5) is 68.9. The van der Waals surface area contributed by atoms with E-state index in [0.29, 0.717) is 28.2 Å². The molecule has 2 heterocycles. The van der Waals surface area contributed by atoms with Crippen LogP contribution < -0.4 is 21.3 Å². The number of tetrazole rings is 1. The van der Waals surface area contributed by atoms with Gasteiger partial charge in [0.2, 0.25) is 5.91 Å². The molecule has 0 spiro atoms. The number of carbonyl (C=O) groups is 5. The molecule has 2 aromatic heterocycles. The van der Waals surface area contributed by atoms with Gasteiger partial charge in [0, 0.05) is 40.8 Å². The Kier molecular flexibility index (Phi) is 11.1. The van der Waals surface area contributed by atoms with Crippen molar-refractivity contribution in [2.45, 2.75) is 38.8 Å². The summed E-state index contributed by atoms with van der Waals surface area (Å²) in [6.45, 7) is 5.26. The molecule has 15 nitrogen and oxygen atoms in total. The summed E-state index contributed by atoms with van der Waals surface area (Å²) in [6, 6.07) is 19.1. The summed E-state index contributed by atoms with van der Waals surface area (Å²) >= 11 is 6.14. The summed E-state index contributed by atoms with van der Waals surface area (Å²) in [7, 11) is 0. The Morgan fingerprint density at radius 1 is 0.804 bits per heavy atom. The van der Waals surface area contributed by atoms with Crippen molar-refractivity contribution in [1.29, 1.82) is 0 Å². The lowest BCUT2D eigenvalue weighted by Crippen LogP contribution is -2.49. The number of halogens is 1. The number of nitrogens with one attached hydrogen (secondary N) is 4. The second kappa shape index (κ2) is 15.8. The largest absolute Gasteiger partial charge is 0.456 e. The first-order chi connectivity index (χ1) is 24.3. The predicted molar refractivity (Wildman–Crippen MR) is 187 cm³/mol. The molecule has 4 N–H and O–H groups in total. The van der Waals surface area contributed by atoms with Crippen LogP contribution in [0.1, 0.15) is 47.1 Å². The van der Waals surface area contributed by atoms with Gasteiger partial charge in [-0.1, -0.05) is 23.7 Å².